The molecule has 2 fully saturated rings. The van der Waals surface area contributed by atoms with Crippen LogP contribution >= 0.6 is 0 Å². The van der Waals surface area contributed by atoms with Crippen molar-refractivity contribution in [3.05, 3.63) is 69.8 Å². The van der Waals surface area contributed by atoms with Crippen LogP contribution in [0.25, 0.3) is 0 Å². The molecule has 4 rings (SSSR count). The summed E-state index contributed by atoms with van der Waals surface area (Å²) in [4.78, 5) is 35.8. The van der Waals surface area contributed by atoms with Gasteiger partial charge in [-0.05, 0) is 95.6 Å². The van der Waals surface area contributed by atoms with E-state index < -0.39 is 29.3 Å². The smallest absolute Gasteiger partial charge is 0.407 e. The van der Waals surface area contributed by atoms with Gasteiger partial charge in [-0.2, -0.15) is 0 Å². The highest BCUT2D eigenvalue weighted by Gasteiger charge is 2.29. The van der Waals surface area contributed by atoms with E-state index in [1.54, 1.807) is 50.2 Å². The van der Waals surface area contributed by atoms with E-state index in [4.69, 9.17) is 9.47 Å². The minimum absolute atomic E-state index is 0.0239. The monoisotopic (exact) mass is 598 g/mol. The van der Waals surface area contributed by atoms with Gasteiger partial charge in [0.1, 0.15) is 17.9 Å². The number of rotatable bonds is 10. The summed E-state index contributed by atoms with van der Waals surface area (Å²) in [6.45, 7) is 3.32. The Balaban J connectivity index is 1.13. The highest BCUT2D eigenvalue weighted by Crippen LogP contribution is 2.36. The number of ether oxygens (including phenoxy) is 2. The molecule has 2 saturated carbocycles. The van der Waals surface area contributed by atoms with Crippen LogP contribution in [-0.2, 0) is 9.47 Å². The molecule has 2 aromatic carbocycles. The molecule has 4 N–H and O–H groups in total. The van der Waals surface area contributed by atoms with Gasteiger partial charge in [-0.25, -0.2) is 9.59 Å². The van der Waals surface area contributed by atoms with Crippen molar-refractivity contribution in [2.75, 3.05) is 5.23 Å². The largest absolute Gasteiger partial charge is 0.442 e. The van der Waals surface area contributed by atoms with Crippen molar-refractivity contribution < 1.29 is 34.4 Å². The lowest BCUT2D eigenvalue weighted by molar-refractivity contribution is -0.386. The second kappa shape index (κ2) is 15.0. The Morgan fingerprint density at radius 1 is 0.814 bits per heavy atom. The summed E-state index contributed by atoms with van der Waals surface area (Å²) in [7, 11) is 0. The van der Waals surface area contributed by atoms with Crippen LogP contribution in [0.1, 0.15) is 95.0 Å². The van der Waals surface area contributed by atoms with E-state index in [1.165, 1.54) is 12.1 Å². The predicted octanol–water partition coefficient (Wildman–Crippen LogP) is 6.96. The number of nitrogens with one attached hydrogen (secondary N) is 2. The first-order valence-electron chi connectivity index (χ1n) is 15.0. The molecule has 2 aromatic rings. The fourth-order valence-electron chi connectivity index (χ4n) is 6.42. The predicted molar refractivity (Wildman–Crippen MR) is 158 cm³/mol. The summed E-state index contributed by atoms with van der Waals surface area (Å²) in [6.07, 6.45) is 6.27. The van der Waals surface area contributed by atoms with E-state index in [1.807, 2.05) is 0 Å². The van der Waals surface area contributed by atoms with Crippen LogP contribution in [-0.4, -0.2) is 39.6 Å². The average molecular weight is 599 g/mol. The van der Waals surface area contributed by atoms with Gasteiger partial charge in [0.05, 0.1) is 10.5 Å². The van der Waals surface area contributed by atoms with Crippen LogP contribution < -0.4 is 15.9 Å². The molecule has 0 saturated heterocycles. The topological polar surface area (TPSA) is 164 Å². The van der Waals surface area contributed by atoms with Crippen LogP contribution in [0, 0.1) is 22.0 Å². The van der Waals surface area contributed by atoms with E-state index in [9.17, 15) is 30.1 Å². The third kappa shape index (κ3) is 9.04. The Labute approximate surface area is 251 Å². The zero-order valence-electron chi connectivity index (χ0n) is 24.7. The number of anilines is 1. The number of alkyl carbamates (subject to hydrolysis) is 2. The molecule has 43 heavy (non-hydrogen) atoms. The molecule has 234 valence electrons. The van der Waals surface area contributed by atoms with E-state index >= 15 is 0 Å². The van der Waals surface area contributed by atoms with Crippen molar-refractivity contribution in [3.63, 3.8) is 0 Å². The van der Waals surface area contributed by atoms with Crippen molar-refractivity contribution in [3.8, 4) is 0 Å². The maximum Gasteiger partial charge on any atom is 0.407 e. The number of nitro groups is 1. The minimum Gasteiger partial charge on any atom is -0.442 e. The van der Waals surface area contributed by atoms with E-state index in [-0.39, 0.29) is 28.7 Å². The molecule has 0 aromatic heterocycles. The van der Waals surface area contributed by atoms with Crippen LogP contribution in [0.2, 0.25) is 0 Å². The number of amides is 2. The molecule has 12 nitrogen and oxygen atoms in total. The van der Waals surface area contributed by atoms with Gasteiger partial charge in [0.25, 0.3) is 5.69 Å². The highest BCUT2D eigenvalue weighted by molar-refractivity contribution is 5.69. The number of hydrogen-bond acceptors (Lipinski definition) is 9. The lowest BCUT2D eigenvalue weighted by Gasteiger charge is -2.34. The maximum atomic E-state index is 12.5. The summed E-state index contributed by atoms with van der Waals surface area (Å²) >= 11 is 0. The van der Waals surface area contributed by atoms with Gasteiger partial charge >= 0.3 is 12.2 Å². The Morgan fingerprint density at radius 2 is 1.26 bits per heavy atom. The number of para-hydroxylation sites is 2. The zero-order valence-corrected chi connectivity index (χ0v) is 24.7. The van der Waals surface area contributed by atoms with Crippen LogP contribution in [0.5, 0.6) is 0 Å². The Morgan fingerprint density at radius 3 is 1.74 bits per heavy atom. The summed E-state index contributed by atoms with van der Waals surface area (Å²) in [5, 5.41) is 36.0. The van der Waals surface area contributed by atoms with Crippen LogP contribution in [0.3, 0.4) is 0 Å². The molecule has 2 amide bonds. The van der Waals surface area contributed by atoms with Gasteiger partial charge in [-0.1, -0.05) is 30.3 Å². The van der Waals surface area contributed by atoms with Gasteiger partial charge < -0.3 is 20.1 Å². The molecule has 0 radical (unpaired) electrons. The Kier molecular flexibility index (Phi) is 11.2. The second-order valence-corrected chi connectivity index (χ2v) is 11.7. The molecule has 0 heterocycles. The molecule has 0 bridgehead atoms. The lowest BCUT2D eigenvalue weighted by atomic mass is 9.76. The number of carbonyl (C=O) groups is 2. The van der Waals surface area contributed by atoms with Gasteiger partial charge in [-0.3, -0.25) is 20.5 Å². The van der Waals surface area contributed by atoms with Crippen molar-refractivity contribution >= 4 is 23.6 Å². The first-order chi connectivity index (χ1) is 20.6. The maximum absolute atomic E-state index is 12.5. The average Bonchev–Trinajstić information content (AvgIpc) is 2.99. The van der Waals surface area contributed by atoms with Gasteiger partial charge in [0.15, 0.2) is 0 Å². The Hall–Kier alpha value is -3.90. The van der Waals surface area contributed by atoms with E-state index in [2.05, 4.69) is 10.6 Å². The first kappa shape index (κ1) is 32.0. The molecule has 2 aliphatic rings. The highest BCUT2D eigenvalue weighted by atomic mass is 16.8. The summed E-state index contributed by atoms with van der Waals surface area (Å²) < 4.78 is 11.0. The summed E-state index contributed by atoms with van der Waals surface area (Å²) in [5.41, 5.74) is 0.939. The fourth-order valence-corrected chi connectivity index (χ4v) is 6.42. The van der Waals surface area contributed by atoms with Crippen molar-refractivity contribution in [1.29, 1.82) is 0 Å². The van der Waals surface area contributed by atoms with Crippen LogP contribution in [0.4, 0.5) is 21.0 Å². The molecular weight excluding hydrogens is 556 g/mol. The third-order valence-electron chi connectivity index (χ3n) is 8.73. The SMILES string of the molecule is CC(OC(=O)NC1CCC(CC2CCC(NC(=O)OC(C)c3ccccc3[N+](=O)[O-])CC2)CC1)c1ccccc1N(O)O. The van der Waals surface area contributed by atoms with Gasteiger partial charge in [0, 0.05) is 23.7 Å². The lowest BCUT2D eigenvalue weighted by Crippen LogP contribution is -2.39. The minimum atomic E-state index is -0.733. The second-order valence-electron chi connectivity index (χ2n) is 11.7. The zero-order chi connectivity index (χ0) is 30.9. The molecule has 12 heteroatoms. The molecular formula is C31H42N4O8. The number of nitro benzene ring substituents is 1. The number of hydrogen-bond donors (Lipinski definition) is 4. The third-order valence-corrected chi connectivity index (χ3v) is 8.73. The fraction of sp³-hybridized carbons (Fsp3) is 0.548. The van der Waals surface area contributed by atoms with E-state index in [0.29, 0.717) is 23.0 Å². The summed E-state index contributed by atoms with van der Waals surface area (Å²) in [6, 6.07) is 12.9. The van der Waals surface area contributed by atoms with Gasteiger partial charge in [0.2, 0.25) is 0 Å². The number of carbonyl (C=O) groups excluding carboxylic acids is 2. The molecule has 2 aliphatic carbocycles. The number of benzene rings is 2. The van der Waals surface area contributed by atoms with Gasteiger partial charge in [-0.15, -0.1) is 5.23 Å². The van der Waals surface area contributed by atoms with E-state index in [0.717, 1.165) is 57.8 Å². The molecule has 2 atom stereocenters. The first-order valence-corrected chi connectivity index (χ1v) is 15.0. The summed E-state index contributed by atoms with van der Waals surface area (Å²) in [5.74, 6) is 1.19. The molecule has 0 aliphatic heterocycles. The molecule has 0 spiro atoms. The van der Waals surface area contributed by atoms with Crippen LogP contribution in [0.15, 0.2) is 48.5 Å². The van der Waals surface area contributed by atoms with Crippen molar-refractivity contribution in [2.45, 2.75) is 95.9 Å². The standard InChI is InChI=1S/C31H42N4O8/c1-20(26-7-3-5-9-28(26)34(38)39)42-30(36)32-24-15-11-22(12-16-24)19-23-13-17-25(18-14-23)33-31(37)43-21(2)27-8-4-6-10-29(27)35(40)41/h3-10,20-25,38-39H,11-19H2,1-2H3,(H,32,36)(H,33,37). The Bertz CT molecular complexity index is 1240. The normalized spacial score (nSPS) is 23.3. The number of nitrogens with zero attached hydrogens (tertiary/aromatic N) is 2. The molecule has 2 unspecified atom stereocenters. The quantitative estimate of drug-likeness (QED) is 0.167. The van der Waals surface area contributed by atoms with Crippen molar-refractivity contribution in [1.82, 2.24) is 10.6 Å². The van der Waals surface area contributed by atoms with Crippen molar-refractivity contribution in [2.24, 2.45) is 11.8 Å².